The molecule has 1 rings (SSSR count). The first kappa shape index (κ1) is 15.5. The second-order valence-electron chi connectivity index (χ2n) is 6.43. The molecule has 1 aliphatic carbocycles. The lowest BCUT2D eigenvalue weighted by molar-refractivity contribution is 0.0725. The quantitative estimate of drug-likeness (QED) is 0.582. The summed E-state index contributed by atoms with van der Waals surface area (Å²) in [6, 6.07) is 2.32. The van der Waals surface area contributed by atoms with Gasteiger partial charge in [-0.2, -0.15) is 5.26 Å². The molecule has 0 aromatic heterocycles. The highest BCUT2D eigenvalue weighted by Gasteiger charge is 2.26. The molecule has 3 nitrogen and oxygen atoms in total. The summed E-state index contributed by atoms with van der Waals surface area (Å²) in [4.78, 5) is 0. The zero-order valence-corrected chi connectivity index (χ0v) is 12.0. The van der Waals surface area contributed by atoms with Crippen LogP contribution in [-0.4, -0.2) is 18.8 Å². The van der Waals surface area contributed by atoms with Crippen LogP contribution in [0.25, 0.3) is 0 Å². The normalized spacial score (nSPS) is 20.1. The summed E-state index contributed by atoms with van der Waals surface area (Å²) >= 11 is 0. The summed E-state index contributed by atoms with van der Waals surface area (Å²) in [6.45, 7) is 5.36. The zero-order chi connectivity index (χ0) is 13.5. The summed E-state index contributed by atoms with van der Waals surface area (Å²) < 4.78 is 5.74. The number of nitrogens with zero attached hydrogens (tertiary/aromatic N) is 1. The molecule has 0 saturated heterocycles. The first-order valence-electron chi connectivity index (χ1n) is 7.25. The van der Waals surface area contributed by atoms with Gasteiger partial charge in [0.2, 0.25) is 0 Å². The molecule has 104 valence electrons. The average molecular weight is 252 g/mol. The standard InChI is InChI=1S/C15H28N2O/c1-14(2,12-16)8-7-11-18-13-15(17)9-5-3-4-6-10-15/h3-11,13,17H2,1-2H3. The highest BCUT2D eigenvalue weighted by atomic mass is 16.5. The Morgan fingerprint density at radius 1 is 1.22 bits per heavy atom. The highest BCUT2D eigenvalue weighted by molar-refractivity contribution is 4.91. The predicted octanol–water partition coefficient (Wildman–Crippen LogP) is 3.38. The number of hydrogen-bond acceptors (Lipinski definition) is 3. The lowest BCUT2D eigenvalue weighted by Crippen LogP contribution is -2.44. The van der Waals surface area contributed by atoms with Crippen LogP contribution in [-0.2, 0) is 4.74 Å². The third-order valence-corrected chi connectivity index (χ3v) is 3.88. The smallest absolute Gasteiger partial charge is 0.0683 e. The Bertz CT molecular complexity index is 273. The van der Waals surface area contributed by atoms with Gasteiger partial charge in [0.25, 0.3) is 0 Å². The Morgan fingerprint density at radius 2 is 1.83 bits per heavy atom. The van der Waals surface area contributed by atoms with Gasteiger partial charge in [0.1, 0.15) is 0 Å². The third-order valence-electron chi connectivity index (χ3n) is 3.88. The molecule has 0 atom stereocenters. The summed E-state index contributed by atoms with van der Waals surface area (Å²) in [7, 11) is 0. The van der Waals surface area contributed by atoms with Crippen LogP contribution < -0.4 is 5.73 Å². The molecule has 1 aliphatic rings. The van der Waals surface area contributed by atoms with E-state index < -0.39 is 0 Å². The van der Waals surface area contributed by atoms with Crippen LogP contribution in [0, 0.1) is 16.7 Å². The molecular weight excluding hydrogens is 224 g/mol. The van der Waals surface area contributed by atoms with E-state index in [1.807, 2.05) is 13.8 Å². The fourth-order valence-electron chi connectivity index (χ4n) is 2.52. The molecule has 1 fully saturated rings. The van der Waals surface area contributed by atoms with E-state index in [2.05, 4.69) is 6.07 Å². The number of rotatable bonds is 6. The minimum atomic E-state index is -0.230. The topological polar surface area (TPSA) is 59.0 Å². The first-order chi connectivity index (χ1) is 8.47. The Kier molecular flexibility index (Phi) is 6.11. The number of nitriles is 1. The van der Waals surface area contributed by atoms with Crippen LogP contribution in [0.4, 0.5) is 0 Å². The largest absolute Gasteiger partial charge is 0.380 e. The van der Waals surface area contributed by atoms with Crippen LogP contribution in [0.2, 0.25) is 0 Å². The number of nitrogens with two attached hydrogens (primary N) is 1. The van der Waals surface area contributed by atoms with Gasteiger partial charge >= 0.3 is 0 Å². The maximum Gasteiger partial charge on any atom is 0.0683 e. The molecule has 0 aromatic carbocycles. The molecule has 3 heteroatoms. The summed E-state index contributed by atoms with van der Waals surface area (Å²) in [5, 5.41) is 8.92. The van der Waals surface area contributed by atoms with Crippen molar-refractivity contribution in [2.45, 2.75) is 70.8 Å². The molecule has 0 unspecified atom stereocenters. The molecule has 0 bridgehead atoms. The van der Waals surface area contributed by atoms with E-state index in [1.54, 1.807) is 0 Å². The molecule has 0 heterocycles. The molecule has 2 N–H and O–H groups in total. The lowest BCUT2D eigenvalue weighted by atomic mass is 9.90. The van der Waals surface area contributed by atoms with Crippen molar-refractivity contribution in [3.8, 4) is 6.07 Å². The van der Waals surface area contributed by atoms with Crippen molar-refractivity contribution in [2.24, 2.45) is 11.1 Å². The molecule has 0 radical (unpaired) electrons. The van der Waals surface area contributed by atoms with Crippen molar-refractivity contribution >= 4 is 0 Å². The fourth-order valence-corrected chi connectivity index (χ4v) is 2.52. The Morgan fingerprint density at radius 3 is 2.39 bits per heavy atom. The summed E-state index contributed by atoms with van der Waals surface area (Å²) in [6.07, 6.45) is 9.12. The highest BCUT2D eigenvalue weighted by Crippen LogP contribution is 2.25. The van der Waals surface area contributed by atoms with Crippen molar-refractivity contribution in [3.05, 3.63) is 0 Å². The zero-order valence-electron chi connectivity index (χ0n) is 12.0. The minimum Gasteiger partial charge on any atom is -0.380 e. The van der Waals surface area contributed by atoms with Crippen molar-refractivity contribution in [1.29, 1.82) is 5.26 Å². The van der Waals surface area contributed by atoms with Gasteiger partial charge in [-0.3, -0.25) is 0 Å². The van der Waals surface area contributed by atoms with Gasteiger partial charge in [-0.15, -0.1) is 0 Å². The Hall–Kier alpha value is -0.590. The SMILES string of the molecule is CC(C)(C#N)CCCOCC1(N)CCCCCC1. The van der Waals surface area contributed by atoms with Gasteiger partial charge in [-0.25, -0.2) is 0 Å². The van der Waals surface area contributed by atoms with E-state index in [-0.39, 0.29) is 11.0 Å². The molecule has 0 amide bonds. The maximum atomic E-state index is 8.92. The van der Waals surface area contributed by atoms with E-state index in [4.69, 9.17) is 15.7 Å². The average Bonchev–Trinajstić information content (AvgIpc) is 2.54. The van der Waals surface area contributed by atoms with Gasteiger partial charge in [0.15, 0.2) is 0 Å². The van der Waals surface area contributed by atoms with E-state index >= 15 is 0 Å². The second kappa shape index (κ2) is 7.11. The lowest BCUT2D eigenvalue weighted by Gasteiger charge is -2.27. The van der Waals surface area contributed by atoms with Gasteiger partial charge in [0.05, 0.1) is 18.1 Å². The molecular formula is C15H28N2O. The van der Waals surface area contributed by atoms with Crippen LogP contribution in [0.1, 0.15) is 65.2 Å². The van der Waals surface area contributed by atoms with Crippen molar-refractivity contribution in [1.82, 2.24) is 0 Å². The molecule has 18 heavy (non-hydrogen) atoms. The second-order valence-corrected chi connectivity index (χ2v) is 6.43. The van der Waals surface area contributed by atoms with Gasteiger partial charge < -0.3 is 10.5 Å². The van der Waals surface area contributed by atoms with Crippen molar-refractivity contribution < 1.29 is 4.74 Å². The Labute approximate surface area is 112 Å². The molecule has 0 aromatic rings. The molecule has 1 saturated carbocycles. The maximum absolute atomic E-state index is 8.92. The Balaban J connectivity index is 2.15. The number of ether oxygens (including phenoxy) is 1. The fraction of sp³-hybridized carbons (Fsp3) is 0.933. The summed E-state index contributed by atoms with van der Waals surface area (Å²) in [5.74, 6) is 0. The van der Waals surface area contributed by atoms with Crippen molar-refractivity contribution in [2.75, 3.05) is 13.2 Å². The molecule has 0 aliphatic heterocycles. The van der Waals surface area contributed by atoms with Gasteiger partial charge in [0, 0.05) is 12.1 Å². The monoisotopic (exact) mass is 252 g/mol. The van der Waals surface area contributed by atoms with E-state index in [0.29, 0.717) is 6.61 Å². The first-order valence-corrected chi connectivity index (χ1v) is 7.25. The summed E-state index contributed by atoms with van der Waals surface area (Å²) in [5.41, 5.74) is 6.05. The van der Waals surface area contributed by atoms with Crippen LogP contribution in [0.3, 0.4) is 0 Å². The predicted molar refractivity (Wildman–Crippen MR) is 74.1 cm³/mol. The van der Waals surface area contributed by atoms with Crippen LogP contribution >= 0.6 is 0 Å². The third kappa shape index (κ3) is 5.84. The van der Waals surface area contributed by atoms with Gasteiger partial charge in [-0.1, -0.05) is 25.7 Å². The molecule has 0 spiro atoms. The van der Waals surface area contributed by atoms with Crippen LogP contribution in [0.15, 0.2) is 0 Å². The van der Waals surface area contributed by atoms with E-state index in [9.17, 15) is 0 Å². The van der Waals surface area contributed by atoms with E-state index in [1.165, 1.54) is 25.7 Å². The van der Waals surface area contributed by atoms with E-state index in [0.717, 1.165) is 32.3 Å². The minimum absolute atomic E-state index is 0.0960. The van der Waals surface area contributed by atoms with Gasteiger partial charge in [-0.05, 0) is 39.5 Å². The number of hydrogen-bond donors (Lipinski definition) is 1. The van der Waals surface area contributed by atoms with Crippen molar-refractivity contribution in [3.63, 3.8) is 0 Å². The van der Waals surface area contributed by atoms with Crippen LogP contribution in [0.5, 0.6) is 0 Å².